The molecule has 0 aliphatic carbocycles. The van der Waals surface area contributed by atoms with E-state index in [1.54, 1.807) is 38.1 Å². The summed E-state index contributed by atoms with van der Waals surface area (Å²) in [6.07, 6.45) is -1.33. The molecule has 170 valence electrons. The number of amides is 4. The number of aliphatic hydroxyl groups is 1. The zero-order valence-electron chi connectivity index (χ0n) is 18.2. The van der Waals surface area contributed by atoms with Gasteiger partial charge in [-0.2, -0.15) is 0 Å². The lowest BCUT2D eigenvalue weighted by Gasteiger charge is -2.39. The number of benzene rings is 1. The van der Waals surface area contributed by atoms with Crippen LogP contribution in [0.5, 0.6) is 0 Å². The van der Waals surface area contributed by atoms with Crippen molar-refractivity contribution in [3.63, 3.8) is 0 Å². The first-order valence-electron chi connectivity index (χ1n) is 10.2. The SMILES string of the molecule is CC(C)[C@H](NC(=O)N1c2ccccc2NC(=O)[C@H]1C(C)C)C(=O)N[C@H](C(=O)O)[C@@H](C)O. The number of carboxylic acid groups (broad SMARTS) is 1. The summed E-state index contributed by atoms with van der Waals surface area (Å²) in [6, 6.07) is 2.79. The number of aliphatic carboxylic acids is 1. The van der Waals surface area contributed by atoms with Gasteiger partial charge in [0.25, 0.3) is 0 Å². The van der Waals surface area contributed by atoms with Crippen LogP contribution in [0.3, 0.4) is 0 Å². The number of urea groups is 1. The fourth-order valence-electron chi connectivity index (χ4n) is 3.47. The summed E-state index contributed by atoms with van der Waals surface area (Å²) in [7, 11) is 0. The van der Waals surface area contributed by atoms with E-state index in [2.05, 4.69) is 16.0 Å². The van der Waals surface area contributed by atoms with E-state index in [0.29, 0.717) is 11.4 Å². The molecule has 0 fully saturated rings. The van der Waals surface area contributed by atoms with Crippen LogP contribution in [0.1, 0.15) is 34.6 Å². The molecule has 4 amide bonds. The second-order valence-electron chi connectivity index (χ2n) is 8.30. The molecule has 10 heteroatoms. The monoisotopic (exact) mass is 434 g/mol. The normalized spacial score (nSPS) is 18.6. The van der Waals surface area contributed by atoms with E-state index in [1.807, 2.05) is 13.8 Å². The average Bonchev–Trinajstić information content (AvgIpc) is 2.67. The molecule has 0 unspecified atom stereocenters. The van der Waals surface area contributed by atoms with Gasteiger partial charge in [0.05, 0.1) is 17.5 Å². The van der Waals surface area contributed by atoms with Gasteiger partial charge in [0.2, 0.25) is 11.8 Å². The van der Waals surface area contributed by atoms with E-state index >= 15 is 0 Å². The van der Waals surface area contributed by atoms with Crippen LogP contribution in [0.4, 0.5) is 16.2 Å². The van der Waals surface area contributed by atoms with Crippen LogP contribution in [0.25, 0.3) is 0 Å². The van der Waals surface area contributed by atoms with Crippen LogP contribution in [0.2, 0.25) is 0 Å². The number of carbonyl (C=O) groups is 4. The molecule has 1 aliphatic heterocycles. The molecule has 5 N–H and O–H groups in total. The van der Waals surface area contributed by atoms with E-state index < -0.39 is 48.1 Å². The highest BCUT2D eigenvalue weighted by Crippen LogP contribution is 2.34. The Balaban J connectivity index is 2.33. The van der Waals surface area contributed by atoms with E-state index in [0.717, 1.165) is 0 Å². The van der Waals surface area contributed by atoms with Gasteiger partial charge in [0.15, 0.2) is 6.04 Å². The molecule has 1 aromatic rings. The van der Waals surface area contributed by atoms with Crippen LogP contribution >= 0.6 is 0 Å². The van der Waals surface area contributed by atoms with Crippen molar-refractivity contribution in [2.24, 2.45) is 11.8 Å². The highest BCUT2D eigenvalue weighted by molar-refractivity contribution is 6.12. The molecule has 31 heavy (non-hydrogen) atoms. The Bertz CT molecular complexity index is 854. The van der Waals surface area contributed by atoms with Gasteiger partial charge in [0, 0.05) is 0 Å². The van der Waals surface area contributed by atoms with Crippen molar-refractivity contribution < 1.29 is 29.4 Å². The standard InChI is InChI=1S/C21H30N4O6/c1-10(2)15(18(27)23-16(12(5)26)20(29)30)24-21(31)25-14-9-7-6-8-13(14)22-19(28)17(25)11(3)4/h6-12,15-17,26H,1-5H3,(H,22,28)(H,23,27)(H,24,31)(H,29,30)/t12-,15+,16+,17-/m1/s1. The predicted molar refractivity (Wildman–Crippen MR) is 115 cm³/mol. The van der Waals surface area contributed by atoms with Crippen molar-refractivity contribution in [2.75, 3.05) is 10.2 Å². The van der Waals surface area contributed by atoms with Crippen LogP contribution in [0.15, 0.2) is 24.3 Å². The number of fused-ring (bicyclic) bond motifs is 1. The summed E-state index contributed by atoms with van der Waals surface area (Å²) in [5.41, 5.74) is 0.971. The number of carbonyl (C=O) groups excluding carboxylic acids is 3. The quantitative estimate of drug-likeness (QED) is 0.435. The molecule has 10 nitrogen and oxygen atoms in total. The molecular formula is C21H30N4O6. The number of hydrogen-bond acceptors (Lipinski definition) is 5. The Labute approximate surface area is 181 Å². The highest BCUT2D eigenvalue weighted by atomic mass is 16.4. The molecule has 0 saturated heterocycles. The van der Waals surface area contributed by atoms with Crippen molar-refractivity contribution >= 4 is 35.2 Å². The molecule has 1 aliphatic rings. The molecular weight excluding hydrogens is 404 g/mol. The Morgan fingerprint density at radius 3 is 2.16 bits per heavy atom. The Morgan fingerprint density at radius 2 is 1.65 bits per heavy atom. The number of nitrogens with one attached hydrogen (secondary N) is 3. The smallest absolute Gasteiger partial charge is 0.328 e. The van der Waals surface area contributed by atoms with Gasteiger partial charge in [-0.1, -0.05) is 39.8 Å². The third-order valence-corrected chi connectivity index (χ3v) is 5.09. The van der Waals surface area contributed by atoms with Crippen LogP contribution in [-0.2, 0) is 14.4 Å². The Hall–Kier alpha value is -3.14. The van der Waals surface area contributed by atoms with Crippen LogP contribution in [-0.4, -0.2) is 58.3 Å². The lowest BCUT2D eigenvalue weighted by Crippen LogP contribution is -2.61. The number of aliphatic hydroxyl groups excluding tert-OH is 1. The fourth-order valence-corrected chi connectivity index (χ4v) is 3.47. The summed E-state index contributed by atoms with van der Waals surface area (Å²) >= 11 is 0. The molecule has 0 spiro atoms. The lowest BCUT2D eigenvalue weighted by atomic mass is 9.97. The molecule has 1 heterocycles. The van der Waals surface area contributed by atoms with E-state index in [9.17, 15) is 29.4 Å². The second-order valence-corrected chi connectivity index (χ2v) is 8.30. The van der Waals surface area contributed by atoms with Crippen LogP contribution < -0.4 is 20.9 Å². The van der Waals surface area contributed by atoms with E-state index in [-0.39, 0.29) is 11.8 Å². The number of carboxylic acids is 1. The zero-order valence-corrected chi connectivity index (χ0v) is 18.2. The van der Waals surface area contributed by atoms with Gasteiger partial charge < -0.3 is 26.2 Å². The molecule has 0 bridgehead atoms. The third-order valence-electron chi connectivity index (χ3n) is 5.09. The minimum absolute atomic E-state index is 0.211. The number of hydrogen-bond donors (Lipinski definition) is 5. The van der Waals surface area contributed by atoms with Gasteiger partial charge in [-0.05, 0) is 30.9 Å². The van der Waals surface area contributed by atoms with Crippen molar-refractivity contribution in [1.29, 1.82) is 0 Å². The third kappa shape index (κ3) is 5.32. The molecule has 0 radical (unpaired) electrons. The summed E-state index contributed by atoms with van der Waals surface area (Å²) in [5.74, 6) is -3.07. The highest BCUT2D eigenvalue weighted by Gasteiger charge is 2.40. The minimum atomic E-state index is -1.52. The Kier molecular flexibility index (Phi) is 7.61. The lowest BCUT2D eigenvalue weighted by molar-refractivity contribution is -0.145. The maximum absolute atomic E-state index is 13.3. The van der Waals surface area contributed by atoms with Gasteiger partial charge in [-0.15, -0.1) is 0 Å². The van der Waals surface area contributed by atoms with Gasteiger partial charge in [-0.3, -0.25) is 14.5 Å². The molecule has 1 aromatic carbocycles. The summed E-state index contributed by atoms with van der Waals surface area (Å²) in [5, 5.41) is 26.5. The van der Waals surface area contributed by atoms with Crippen molar-refractivity contribution in [3.8, 4) is 0 Å². The first kappa shape index (κ1) is 24.1. The minimum Gasteiger partial charge on any atom is -0.480 e. The van der Waals surface area contributed by atoms with Crippen LogP contribution in [0, 0.1) is 11.8 Å². The molecule has 0 aromatic heterocycles. The molecule has 2 rings (SSSR count). The van der Waals surface area contributed by atoms with E-state index in [4.69, 9.17) is 0 Å². The number of rotatable bonds is 7. The molecule has 4 atom stereocenters. The predicted octanol–water partition coefficient (Wildman–Crippen LogP) is 1.15. The van der Waals surface area contributed by atoms with Crippen molar-refractivity contribution in [2.45, 2.75) is 58.8 Å². The average molecular weight is 434 g/mol. The fraction of sp³-hybridized carbons (Fsp3) is 0.524. The van der Waals surface area contributed by atoms with Gasteiger partial charge in [-0.25, -0.2) is 9.59 Å². The maximum atomic E-state index is 13.3. The van der Waals surface area contributed by atoms with Gasteiger partial charge >= 0.3 is 12.0 Å². The number of para-hydroxylation sites is 2. The van der Waals surface area contributed by atoms with E-state index in [1.165, 1.54) is 11.8 Å². The first-order chi connectivity index (χ1) is 14.5. The summed E-state index contributed by atoms with van der Waals surface area (Å²) in [4.78, 5) is 51.3. The Morgan fingerprint density at radius 1 is 1.03 bits per heavy atom. The maximum Gasteiger partial charge on any atom is 0.328 e. The zero-order chi connectivity index (χ0) is 23.5. The summed E-state index contributed by atoms with van der Waals surface area (Å²) in [6.45, 7) is 8.26. The topological polar surface area (TPSA) is 148 Å². The van der Waals surface area contributed by atoms with Crippen molar-refractivity contribution in [1.82, 2.24) is 10.6 Å². The summed E-state index contributed by atoms with van der Waals surface area (Å²) < 4.78 is 0. The number of anilines is 2. The first-order valence-corrected chi connectivity index (χ1v) is 10.2. The largest absolute Gasteiger partial charge is 0.480 e. The van der Waals surface area contributed by atoms with Gasteiger partial charge in [0.1, 0.15) is 12.1 Å². The number of nitrogens with zero attached hydrogens (tertiary/aromatic N) is 1. The second kappa shape index (κ2) is 9.78. The molecule has 0 saturated carbocycles. The van der Waals surface area contributed by atoms with Crippen molar-refractivity contribution in [3.05, 3.63) is 24.3 Å².